The summed E-state index contributed by atoms with van der Waals surface area (Å²) < 4.78 is 11.4. The van der Waals surface area contributed by atoms with E-state index >= 15 is 0 Å². The van der Waals surface area contributed by atoms with Crippen LogP contribution in [-0.4, -0.2) is 56.1 Å². The van der Waals surface area contributed by atoms with Gasteiger partial charge in [-0.05, 0) is 59.4 Å². The van der Waals surface area contributed by atoms with Crippen LogP contribution in [0, 0.1) is 0 Å². The molecule has 1 saturated heterocycles. The Bertz CT molecular complexity index is 1480. The number of amides is 1. The number of hydrogen-bond donors (Lipinski definition) is 2. The lowest BCUT2D eigenvalue weighted by atomic mass is 9.81. The summed E-state index contributed by atoms with van der Waals surface area (Å²) >= 11 is 7.79. The van der Waals surface area contributed by atoms with Crippen LogP contribution in [-0.2, 0) is 27.1 Å². The van der Waals surface area contributed by atoms with Gasteiger partial charge in [0.05, 0.1) is 19.3 Å². The van der Waals surface area contributed by atoms with E-state index in [1.54, 1.807) is 11.8 Å². The summed E-state index contributed by atoms with van der Waals surface area (Å²) in [5.74, 6) is 0.394. The van der Waals surface area contributed by atoms with Crippen LogP contribution in [0.2, 0.25) is 5.02 Å². The second-order valence-electron chi connectivity index (χ2n) is 11.2. The fourth-order valence-corrected chi connectivity index (χ4v) is 6.81. The molecule has 1 aliphatic heterocycles. The normalized spacial score (nSPS) is 17.0. The second kappa shape index (κ2) is 16.6. The fraction of sp³-hybridized carbons (Fsp3) is 0.297. The van der Waals surface area contributed by atoms with Gasteiger partial charge in [-0.3, -0.25) is 4.79 Å². The molecule has 1 fully saturated rings. The highest BCUT2D eigenvalue weighted by Gasteiger charge is 2.33. The van der Waals surface area contributed by atoms with Gasteiger partial charge in [0.2, 0.25) is 0 Å². The molecule has 234 valence electrons. The number of Topliss-reactive ketones (excluding diaryl/α,β-unsaturated/α-hetero) is 1. The Balaban J connectivity index is 1.27. The Kier molecular flexibility index (Phi) is 12.1. The van der Waals surface area contributed by atoms with Gasteiger partial charge < -0.3 is 20.1 Å². The van der Waals surface area contributed by atoms with E-state index in [4.69, 9.17) is 21.1 Å². The highest BCUT2D eigenvalue weighted by molar-refractivity contribution is 7.99. The van der Waals surface area contributed by atoms with Crippen LogP contribution in [0.5, 0.6) is 0 Å². The Morgan fingerprint density at radius 2 is 1.47 bits per heavy atom. The molecule has 1 heterocycles. The predicted octanol–water partition coefficient (Wildman–Crippen LogP) is 7.09. The van der Waals surface area contributed by atoms with Gasteiger partial charge in [0.25, 0.3) is 0 Å². The molecular formula is C37H39ClN2O4S. The Morgan fingerprint density at radius 3 is 2.11 bits per heavy atom. The average Bonchev–Trinajstić information content (AvgIpc) is 3.08. The monoisotopic (exact) mass is 642 g/mol. The number of morpholine rings is 1. The minimum atomic E-state index is -0.819. The quantitative estimate of drug-likeness (QED) is 0.152. The summed E-state index contributed by atoms with van der Waals surface area (Å²) in [7, 11) is 1.31. The zero-order valence-corrected chi connectivity index (χ0v) is 26.9. The Morgan fingerprint density at radius 1 is 0.867 bits per heavy atom. The number of rotatable bonds is 13. The van der Waals surface area contributed by atoms with E-state index in [0.717, 1.165) is 59.0 Å². The number of hydrogen-bond acceptors (Lipinski definition) is 6. The molecule has 0 aromatic heterocycles. The van der Waals surface area contributed by atoms with E-state index in [0.29, 0.717) is 0 Å². The molecule has 1 aliphatic rings. The maximum absolute atomic E-state index is 14.1. The van der Waals surface area contributed by atoms with Crippen molar-refractivity contribution in [3.63, 3.8) is 0 Å². The molecular weight excluding hydrogens is 604 g/mol. The van der Waals surface area contributed by atoms with Crippen molar-refractivity contribution in [2.75, 3.05) is 26.0 Å². The summed E-state index contributed by atoms with van der Waals surface area (Å²) in [6.07, 6.45) is 1.35. The third kappa shape index (κ3) is 9.44. The molecule has 0 aliphatic carbocycles. The van der Waals surface area contributed by atoms with Crippen molar-refractivity contribution < 1.29 is 19.1 Å². The molecule has 4 aromatic carbocycles. The molecule has 2 N–H and O–H groups in total. The molecule has 0 radical (unpaired) electrons. The van der Waals surface area contributed by atoms with Crippen LogP contribution in [0.3, 0.4) is 0 Å². The van der Waals surface area contributed by atoms with E-state index in [1.165, 1.54) is 12.0 Å². The van der Waals surface area contributed by atoms with Gasteiger partial charge in [-0.2, -0.15) is 0 Å². The average molecular weight is 643 g/mol. The van der Waals surface area contributed by atoms with Crippen LogP contribution >= 0.6 is 23.4 Å². The van der Waals surface area contributed by atoms with E-state index < -0.39 is 12.1 Å². The Hall–Kier alpha value is -3.62. The van der Waals surface area contributed by atoms with Crippen LogP contribution in [0.25, 0.3) is 0 Å². The second-order valence-corrected chi connectivity index (χ2v) is 12.7. The number of benzene rings is 4. The standard InChI is InChI=1S/C37H39ClN2O4S/c1-43-37(42)40-36(35(27-11-4-2-5-12-27)28-13-6-3-7-14-28)34(41)22-29-15-9-8-10-26(29)16-19-31-23-39-24-32(44-31)25-45-33-20-17-30(38)18-21-33/h2-15,17-18,20-21,31-32,35-36,39H,16,19,22-25H2,1H3,(H,40,42)/t31-,32+,36-/m1/s1. The fourth-order valence-electron chi connectivity index (χ4n) is 5.78. The van der Waals surface area contributed by atoms with E-state index in [2.05, 4.69) is 16.7 Å². The van der Waals surface area contributed by atoms with E-state index in [1.807, 2.05) is 103 Å². The minimum Gasteiger partial charge on any atom is -0.453 e. The van der Waals surface area contributed by atoms with Crippen LogP contribution in [0.15, 0.2) is 114 Å². The first kappa shape index (κ1) is 32.8. The number of nitrogens with one attached hydrogen (secondary N) is 2. The number of aryl methyl sites for hydroxylation is 1. The topological polar surface area (TPSA) is 76.7 Å². The Labute approximate surface area is 274 Å². The number of carbonyl (C=O) groups is 2. The molecule has 4 aromatic rings. The third-order valence-corrected chi connectivity index (χ3v) is 9.45. The van der Waals surface area contributed by atoms with Gasteiger partial charge in [-0.25, -0.2) is 4.79 Å². The number of carbonyl (C=O) groups excluding carboxylic acids is 2. The molecule has 0 bridgehead atoms. The maximum Gasteiger partial charge on any atom is 0.407 e. The summed E-state index contributed by atoms with van der Waals surface area (Å²) in [6.45, 7) is 1.62. The number of halogens is 1. The van der Waals surface area contributed by atoms with Gasteiger partial charge in [0.1, 0.15) is 6.04 Å². The summed E-state index contributed by atoms with van der Waals surface area (Å²) in [4.78, 5) is 27.9. The number of ether oxygens (including phenoxy) is 2. The van der Waals surface area contributed by atoms with Crippen LogP contribution in [0.1, 0.15) is 34.6 Å². The lowest BCUT2D eigenvalue weighted by molar-refractivity contribution is -0.120. The number of alkyl carbamates (subject to hydrolysis) is 1. The number of thioether (sulfide) groups is 1. The van der Waals surface area contributed by atoms with Crippen molar-refractivity contribution in [1.82, 2.24) is 10.6 Å². The SMILES string of the molecule is COC(=O)N[C@H](C(=O)Cc1ccccc1CC[C@@H]1CNC[C@@H](CSc2ccc(Cl)cc2)O1)C(c1ccccc1)c1ccccc1. The zero-order chi connectivity index (χ0) is 31.4. The highest BCUT2D eigenvalue weighted by atomic mass is 35.5. The van der Waals surface area contributed by atoms with Crippen molar-refractivity contribution in [2.24, 2.45) is 0 Å². The largest absolute Gasteiger partial charge is 0.453 e. The van der Waals surface area contributed by atoms with Crippen molar-refractivity contribution in [3.8, 4) is 0 Å². The van der Waals surface area contributed by atoms with Crippen LogP contribution in [0.4, 0.5) is 4.79 Å². The highest BCUT2D eigenvalue weighted by Crippen LogP contribution is 2.30. The molecule has 45 heavy (non-hydrogen) atoms. The molecule has 1 amide bonds. The molecule has 5 rings (SSSR count). The van der Waals surface area contributed by atoms with Crippen molar-refractivity contribution in [1.29, 1.82) is 0 Å². The van der Waals surface area contributed by atoms with Crippen LogP contribution < -0.4 is 10.6 Å². The van der Waals surface area contributed by atoms with Crippen molar-refractivity contribution >= 4 is 35.2 Å². The first-order valence-electron chi connectivity index (χ1n) is 15.3. The van der Waals surface area contributed by atoms with E-state index in [-0.39, 0.29) is 30.3 Å². The van der Waals surface area contributed by atoms with Gasteiger partial charge in [-0.15, -0.1) is 11.8 Å². The predicted molar refractivity (Wildman–Crippen MR) is 181 cm³/mol. The first-order chi connectivity index (χ1) is 22.0. The smallest absolute Gasteiger partial charge is 0.407 e. The lowest BCUT2D eigenvalue weighted by Gasteiger charge is -2.31. The van der Waals surface area contributed by atoms with Gasteiger partial charge >= 0.3 is 6.09 Å². The van der Waals surface area contributed by atoms with Gasteiger partial charge in [0, 0.05) is 41.1 Å². The van der Waals surface area contributed by atoms with Crippen molar-refractivity contribution in [2.45, 2.75) is 48.3 Å². The van der Waals surface area contributed by atoms with Gasteiger partial charge in [-0.1, -0.05) is 96.5 Å². The molecule has 0 spiro atoms. The molecule has 8 heteroatoms. The summed E-state index contributed by atoms with van der Waals surface area (Å²) in [6, 6.07) is 34.8. The summed E-state index contributed by atoms with van der Waals surface area (Å²) in [5.41, 5.74) is 3.95. The molecule has 0 saturated carbocycles. The van der Waals surface area contributed by atoms with Gasteiger partial charge in [0.15, 0.2) is 5.78 Å². The molecule has 0 unspecified atom stereocenters. The number of ketones is 1. The molecule has 3 atom stereocenters. The van der Waals surface area contributed by atoms with Crippen molar-refractivity contribution in [3.05, 3.63) is 136 Å². The number of methoxy groups -OCH3 is 1. The lowest BCUT2D eigenvalue weighted by Crippen LogP contribution is -2.46. The maximum atomic E-state index is 14.1. The minimum absolute atomic E-state index is 0.0765. The molecule has 6 nitrogen and oxygen atoms in total. The van der Waals surface area contributed by atoms with E-state index in [9.17, 15) is 9.59 Å². The third-order valence-electron chi connectivity index (χ3n) is 8.05. The summed E-state index contributed by atoms with van der Waals surface area (Å²) in [5, 5.41) is 7.14. The first-order valence-corrected chi connectivity index (χ1v) is 16.6. The zero-order valence-electron chi connectivity index (χ0n) is 25.4.